The van der Waals surface area contributed by atoms with E-state index >= 15 is 0 Å². The van der Waals surface area contributed by atoms with Gasteiger partial charge in [-0.3, -0.25) is 0 Å². The number of nitrogens with one attached hydrogen (secondary N) is 1. The summed E-state index contributed by atoms with van der Waals surface area (Å²) < 4.78 is 4.84. The SMILES string of the molecule is [C]1=CCOCN1. The summed E-state index contributed by atoms with van der Waals surface area (Å²) >= 11 is 0. The predicted octanol–water partition coefficient (Wildman–Crippen LogP) is -0.119. The van der Waals surface area contributed by atoms with Crippen LogP contribution in [0, 0.1) is 6.20 Å². The third-order valence-electron chi connectivity index (χ3n) is 0.580. The first-order valence-corrected chi connectivity index (χ1v) is 1.88. The van der Waals surface area contributed by atoms with Gasteiger partial charge in [-0.1, -0.05) is 0 Å². The second kappa shape index (κ2) is 1.82. The maximum atomic E-state index is 4.84. The van der Waals surface area contributed by atoms with Crippen molar-refractivity contribution < 1.29 is 4.74 Å². The maximum absolute atomic E-state index is 4.84. The van der Waals surface area contributed by atoms with Crippen LogP contribution in [0.15, 0.2) is 6.08 Å². The fourth-order valence-corrected chi connectivity index (χ4v) is 0.324. The minimum atomic E-state index is 0.608. The molecule has 0 fully saturated rings. The molecule has 0 unspecified atom stereocenters. The van der Waals surface area contributed by atoms with Crippen molar-refractivity contribution in [1.29, 1.82) is 0 Å². The first kappa shape index (κ1) is 3.68. The van der Waals surface area contributed by atoms with Gasteiger partial charge in [0, 0.05) is 0 Å². The minimum Gasteiger partial charge on any atom is -0.361 e. The Labute approximate surface area is 36.8 Å². The highest BCUT2D eigenvalue weighted by Crippen LogP contribution is 1.77. The lowest BCUT2D eigenvalue weighted by Gasteiger charge is -2.03. The van der Waals surface area contributed by atoms with E-state index in [0.717, 1.165) is 0 Å². The Morgan fingerprint density at radius 1 is 1.83 bits per heavy atom. The molecule has 0 atom stereocenters. The maximum Gasteiger partial charge on any atom is 0.116 e. The molecule has 0 aromatic heterocycles. The largest absolute Gasteiger partial charge is 0.361 e. The zero-order valence-corrected chi connectivity index (χ0v) is 3.40. The van der Waals surface area contributed by atoms with E-state index in [1.165, 1.54) is 0 Å². The van der Waals surface area contributed by atoms with Crippen LogP contribution in [0.3, 0.4) is 0 Å². The summed E-state index contributed by atoms with van der Waals surface area (Å²) in [4.78, 5) is 0. The van der Waals surface area contributed by atoms with Gasteiger partial charge in [0.1, 0.15) is 6.73 Å². The zero-order chi connectivity index (χ0) is 4.24. The summed E-state index contributed by atoms with van der Waals surface area (Å²) in [7, 11) is 0. The lowest BCUT2D eigenvalue weighted by atomic mass is 10.6. The van der Waals surface area contributed by atoms with Gasteiger partial charge in [-0.2, -0.15) is 0 Å². The van der Waals surface area contributed by atoms with Gasteiger partial charge in [0.05, 0.1) is 12.8 Å². The number of hydrogen-bond donors (Lipinski definition) is 1. The third kappa shape index (κ3) is 0.723. The zero-order valence-electron chi connectivity index (χ0n) is 3.40. The highest BCUT2D eigenvalue weighted by molar-refractivity contribution is 4.72. The lowest BCUT2D eigenvalue weighted by Crippen LogP contribution is -2.15. The minimum absolute atomic E-state index is 0.608. The van der Waals surface area contributed by atoms with Crippen molar-refractivity contribution in [2.45, 2.75) is 0 Å². The van der Waals surface area contributed by atoms with Crippen molar-refractivity contribution in [3.8, 4) is 0 Å². The van der Waals surface area contributed by atoms with Gasteiger partial charge < -0.3 is 10.1 Å². The van der Waals surface area contributed by atoms with Crippen LogP contribution in [0.1, 0.15) is 0 Å². The van der Waals surface area contributed by atoms with E-state index in [-0.39, 0.29) is 0 Å². The number of hydrogen-bond acceptors (Lipinski definition) is 2. The highest BCUT2D eigenvalue weighted by atomic mass is 16.5. The molecule has 6 heavy (non-hydrogen) atoms. The topological polar surface area (TPSA) is 21.3 Å². The third-order valence-corrected chi connectivity index (χ3v) is 0.580. The molecule has 2 nitrogen and oxygen atoms in total. The van der Waals surface area contributed by atoms with E-state index in [1.54, 1.807) is 0 Å². The quantitative estimate of drug-likeness (QED) is 0.442. The molecular formula is C4H6NO. The highest BCUT2D eigenvalue weighted by Gasteiger charge is 1.84. The van der Waals surface area contributed by atoms with Crippen molar-refractivity contribution in [3.05, 3.63) is 12.3 Å². The van der Waals surface area contributed by atoms with Crippen molar-refractivity contribution >= 4 is 0 Å². The Hall–Kier alpha value is -0.500. The molecule has 0 aromatic rings. The second-order valence-corrected chi connectivity index (χ2v) is 1.04. The van der Waals surface area contributed by atoms with Crippen LogP contribution < -0.4 is 5.32 Å². The van der Waals surface area contributed by atoms with Crippen molar-refractivity contribution in [1.82, 2.24) is 5.32 Å². The first-order chi connectivity index (χ1) is 3.00. The molecule has 1 N–H and O–H groups in total. The molecule has 1 aliphatic heterocycles. The van der Waals surface area contributed by atoms with Crippen LogP contribution in [0.25, 0.3) is 0 Å². The second-order valence-electron chi connectivity index (χ2n) is 1.04. The van der Waals surface area contributed by atoms with Crippen molar-refractivity contribution in [2.24, 2.45) is 0 Å². The van der Waals surface area contributed by atoms with E-state index in [9.17, 15) is 0 Å². The molecule has 1 rings (SSSR count). The smallest absolute Gasteiger partial charge is 0.116 e. The van der Waals surface area contributed by atoms with Gasteiger partial charge in [-0.05, 0) is 6.08 Å². The summed E-state index contributed by atoms with van der Waals surface area (Å²) in [6.07, 6.45) is 4.59. The molecule has 0 saturated carbocycles. The molecule has 1 radical (unpaired) electrons. The van der Waals surface area contributed by atoms with Crippen LogP contribution in [0.2, 0.25) is 0 Å². The first-order valence-electron chi connectivity index (χ1n) is 1.88. The summed E-state index contributed by atoms with van der Waals surface area (Å²) in [6, 6.07) is 0. The van der Waals surface area contributed by atoms with E-state index in [1.807, 2.05) is 6.08 Å². The fraction of sp³-hybridized carbons (Fsp3) is 0.500. The van der Waals surface area contributed by atoms with Crippen molar-refractivity contribution in [2.75, 3.05) is 13.3 Å². The van der Waals surface area contributed by atoms with Gasteiger partial charge in [-0.25, -0.2) is 0 Å². The summed E-state index contributed by atoms with van der Waals surface area (Å²) in [5.41, 5.74) is 0. The molecule has 1 heterocycles. The van der Waals surface area contributed by atoms with Gasteiger partial charge in [0.25, 0.3) is 0 Å². The Kier molecular flexibility index (Phi) is 1.12. The van der Waals surface area contributed by atoms with Gasteiger partial charge in [0.2, 0.25) is 0 Å². The Bertz CT molecular complexity index is 52.6. The van der Waals surface area contributed by atoms with Gasteiger partial charge in [-0.15, -0.1) is 0 Å². The Balaban J connectivity index is 2.26. The fourth-order valence-electron chi connectivity index (χ4n) is 0.324. The molecule has 0 bridgehead atoms. The number of rotatable bonds is 0. The van der Waals surface area contributed by atoms with Crippen LogP contribution in [0.4, 0.5) is 0 Å². The van der Waals surface area contributed by atoms with Crippen molar-refractivity contribution in [3.63, 3.8) is 0 Å². The van der Waals surface area contributed by atoms with Crippen LogP contribution in [-0.4, -0.2) is 13.3 Å². The van der Waals surface area contributed by atoms with E-state index < -0.39 is 0 Å². The average molecular weight is 84.1 g/mol. The van der Waals surface area contributed by atoms with Gasteiger partial charge >= 0.3 is 0 Å². The number of ether oxygens (including phenoxy) is 1. The molecule has 33 valence electrons. The molecule has 0 aromatic carbocycles. The van der Waals surface area contributed by atoms with E-state index in [2.05, 4.69) is 11.5 Å². The van der Waals surface area contributed by atoms with Gasteiger partial charge in [0.15, 0.2) is 0 Å². The summed E-state index contributed by atoms with van der Waals surface area (Å²) in [5.74, 6) is 0. The summed E-state index contributed by atoms with van der Waals surface area (Å²) in [6.45, 7) is 1.31. The lowest BCUT2D eigenvalue weighted by molar-refractivity contribution is 0.139. The molecule has 2 heteroatoms. The standard InChI is InChI=1S/C4H6NO/c1-2-5-4-6-3-1/h1,5H,3-4H2. The Morgan fingerprint density at radius 3 is 3.00 bits per heavy atom. The molecule has 0 saturated heterocycles. The van der Waals surface area contributed by atoms with E-state index in [0.29, 0.717) is 13.3 Å². The normalized spacial score (nSPS) is 20.0. The average Bonchev–Trinajstić information content (AvgIpc) is 1.72. The Morgan fingerprint density at radius 2 is 2.83 bits per heavy atom. The molecule has 0 spiro atoms. The summed E-state index contributed by atoms with van der Waals surface area (Å²) in [5, 5.41) is 2.76. The van der Waals surface area contributed by atoms with Crippen LogP contribution in [0.5, 0.6) is 0 Å². The predicted molar refractivity (Wildman–Crippen MR) is 21.8 cm³/mol. The van der Waals surface area contributed by atoms with E-state index in [4.69, 9.17) is 4.74 Å². The van der Waals surface area contributed by atoms with Crippen LogP contribution >= 0.6 is 0 Å². The molecular weight excluding hydrogens is 78.1 g/mol. The monoisotopic (exact) mass is 84.0 g/mol. The molecule has 1 aliphatic rings. The van der Waals surface area contributed by atoms with Crippen LogP contribution in [-0.2, 0) is 4.74 Å². The molecule has 0 amide bonds. The molecule has 0 aliphatic carbocycles.